The van der Waals surface area contributed by atoms with Gasteiger partial charge in [0, 0.05) is 10.1 Å². The summed E-state index contributed by atoms with van der Waals surface area (Å²) in [4.78, 5) is 12.5. The number of carbonyl (C=O) groups is 1. The van der Waals surface area contributed by atoms with Gasteiger partial charge in [0.25, 0.3) is 5.91 Å². The molecule has 1 heterocycles. The van der Waals surface area contributed by atoms with Gasteiger partial charge in [-0.15, -0.1) is 17.8 Å². The van der Waals surface area contributed by atoms with Gasteiger partial charge in [0.1, 0.15) is 10.6 Å². The molecule has 0 aliphatic rings. The van der Waals surface area contributed by atoms with Crippen molar-refractivity contribution < 1.29 is 9.53 Å². The Bertz CT molecular complexity index is 670. The third-order valence-corrected chi connectivity index (χ3v) is 3.91. The Morgan fingerprint density at radius 1 is 1.58 bits per heavy atom. The number of nitrogen functional groups attached to an aromatic ring is 1. The minimum absolute atomic E-state index is 0.247. The molecule has 1 aromatic carbocycles. The van der Waals surface area contributed by atoms with Gasteiger partial charge in [-0.3, -0.25) is 4.79 Å². The summed E-state index contributed by atoms with van der Waals surface area (Å²) in [5, 5.41) is 3.55. The van der Waals surface area contributed by atoms with E-state index >= 15 is 0 Å². The number of anilines is 1. The number of benzene rings is 1. The summed E-state index contributed by atoms with van der Waals surface area (Å²) in [6, 6.07) is 5.20. The number of hydrogen-bond acceptors (Lipinski definition) is 4. The Hall–Kier alpha value is -2.19. The SMILES string of the molecule is C#CC(C)NC(=O)c1sc2cc(OC)ccc2c1N. The van der Waals surface area contributed by atoms with Crippen LogP contribution in [0.4, 0.5) is 5.69 Å². The van der Waals surface area contributed by atoms with E-state index in [1.54, 1.807) is 14.0 Å². The van der Waals surface area contributed by atoms with Crippen molar-refractivity contribution in [3.05, 3.63) is 23.1 Å². The Kier molecular flexibility index (Phi) is 3.63. The highest BCUT2D eigenvalue weighted by Gasteiger charge is 2.17. The molecule has 0 saturated heterocycles. The van der Waals surface area contributed by atoms with E-state index in [1.807, 2.05) is 18.2 Å². The summed E-state index contributed by atoms with van der Waals surface area (Å²) in [6.45, 7) is 1.74. The quantitative estimate of drug-likeness (QED) is 0.844. The van der Waals surface area contributed by atoms with Crippen LogP contribution < -0.4 is 15.8 Å². The number of thiophene rings is 1. The predicted octanol–water partition coefficient (Wildman–Crippen LogP) is 2.24. The number of methoxy groups -OCH3 is 1. The fourth-order valence-corrected chi connectivity index (χ4v) is 2.75. The van der Waals surface area contributed by atoms with E-state index < -0.39 is 0 Å². The van der Waals surface area contributed by atoms with Gasteiger partial charge in [0.05, 0.1) is 18.8 Å². The van der Waals surface area contributed by atoms with Gasteiger partial charge in [0.2, 0.25) is 0 Å². The standard InChI is InChI=1S/C14H14N2O2S/c1-4-8(2)16-14(17)13-12(15)10-6-5-9(18-3)7-11(10)19-13/h1,5-8H,15H2,2-3H3,(H,16,17). The van der Waals surface area contributed by atoms with Crippen molar-refractivity contribution in [2.24, 2.45) is 0 Å². The lowest BCUT2D eigenvalue weighted by molar-refractivity contribution is 0.0953. The minimum Gasteiger partial charge on any atom is -0.497 e. The zero-order valence-electron chi connectivity index (χ0n) is 10.7. The van der Waals surface area contributed by atoms with Gasteiger partial charge in [-0.2, -0.15) is 0 Å². The van der Waals surface area contributed by atoms with Crippen LogP contribution in [-0.2, 0) is 0 Å². The first kappa shape index (κ1) is 13.2. The zero-order valence-corrected chi connectivity index (χ0v) is 11.5. The van der Waals surface area contributed by atoms with Crippen LogP contribution in [0.2, 0.25) is 0 Å². The molecule has 2 aromatic rings. The monoisotopic (exact) mass is 274 g/mol. The van der Waals surface area contributed by atoms with E-state index in [1.165, 1.54) is 11.3 Å². The maximum atomic E-state index is 12.1. The van der Waals surface area contributed by atoms with Crippen LogP contribution in [0.1, 0.15) is 16.6 Å². The van der Waals surface area contributed by atoms with E-state index in [2.05, 4.69) is 11.2 Å². The molecule has 0 aliphatic carbocycles. The van der Waals surface area contributed by atoms with Crippen molar-refractivity contribution in [1.29, 1.82) is 0 Å². The molecule has 98 valence electrons. The summed E-state index contributed by atoms with van der Waals surface area (Å²) in [7, 11) is 1.60. The van der Waals surface area contributed by atoms with E-state index in [9.17, 15) is 4.79 Å². The van der Waals surface area contributed by atoms with Crippen LogP contribution in [0.15, 0.2) is 18.2 Å². The molecule has 0 bridgehead atoms. The van der Waals surface area contributed by atoms with Crippen molar-refractivity contribution in [3.8, 4) is 18.1 Å². The summed E-state index contributed by atoms with van der Waals surface area (Å²) in [5.41, 5.74) is 6.48. The predicted molar refractivity (Wildman–Crippen MR) is 78.6 cm³/mol. The normalized spacial score (nSPS) is 11.8. The molecule has 1 atom stereocenters. The average molecular weight is 274 g/mol. The number of terminal acetylenes is 1. The van der Waals surface area contributed by atoms with Crippen LogP contribution in [0, 0.1) is 12.3 Å². The molecule has 1 amide bonds. The van der Waals surface area contributed by atoms with Crippen molar-refractivity contribution in [2.45, 2.75) is 13.0 Å². The lowest BCUT2D eigenvalue weighted by Gasteiger charge is -2.06. The van der Waals surface area contributed by atoms with Crippen LogP contribution in [0.25, 0.3) is 10.1 Å². The summed E-state index contributed by atoms with van der Waals surface area (Å²) in [6.07, 6.45) is 5.24. The first-order valence-corrected chi connectivity index (χ1v) is 6.51. The van der Waals surface area contributed by atoms with E-state index in [4.69, 9.17) is 16.9 Å². The average Bonchev–Trinajstić information content (AvgIpc) is 2.75. The molecule has 1 unspecified atom stereocenters. The molecule has 4 nitrogen and oxygen atoms in total. The smallest absolute Gasteiger partial charge is 0.264 e. The van der Waals surface area contributed by atoms with Crippen LogP contribution in [-0.4, -0.2) is 19.1 Å². The minimum atomic E-state index is -0.327. The lowest BCUT2D eigenvalue weighted by Crippen LogP contribution is -2.31. The number of hydrogen-bond donors (Lipinski definition) is 2. The summed E-state index contributed by atoms with van der Waals surface area (Å²) < 4.78 is 6.06. The molecular weight excluding hydrogens is 260 g/mol. The highest BCUT2D eigenvalue weighted by atomic mass is 32.1. The molecule has 0 fully saturated rings. The van der Waals surface area contributed by atoms with Crippen LogP contribution in [0.3, 0.4) is 0 Å². The second-order valence-electron chi connectivity index (χ2n) is 4.07. The highest BCUT2D eigenvalue weighted by Crippen LogP contribution is 2.35. The number of fused-ring (bicyclic) bond motifs is 1. The van der Waals surface area contributed by atoms with Crippen molar-refractivity contribution in [3.63, 3.8) is 0 Å². The van der Waals surface area contributed by atoms with Gasteiger partial charge in [-0.1, -0.05) is 5.92 Å². The molecule has 0 saturated carbocycles. The molecule has 2 rings (SSSR count). The van der Waals surface area contributed by atoms with Gasteiger partial charge < -0.3 is 15.8 Å². The second-order valence-corrected chi connectivity index (χ2v) is 5.12. The molecule has 0 spiro atoms. The number of nitrogens with one attached hydrogen (secondary N) is 1. The van der Waals surface area contributed by atoms with Gasteiger partial charge in [0.15, 0.2) is 0 Å². The summed E-state index contributed by atoms with van der Waals surface area (Å²) in [5.74, 6) is 2.94. The first-order chi connectivity index (χ1) is 9.06. The maximum Gasteiger partial charge on any atom is 0.264 e. The van der Waals surface area contributed by atoms with Gasteiger partial charge in [-0.25, -0.2) is 0 Å². The second kappa shape index (κ2) is 5.21. The number of ether oxygens (including phenoxy) is 1. The van der Waals surface area contributed by atoms with Crippen LogP contribution >= 0.6 is 11.3 Å². The lowest BCUT2D eigenvalue weighted by atomic mass is 10.2. The van der Waals surface area contributed by atoms with E-state index in [-0.39, 0.29) is 11.9 Å². The number of amides is 1. The molecule has 5 heteroatoms. The number of carbonyl (C=O) groups excluding carboxylic acids is 1. The number of nitrogens with two attached hydrogens (primary N) is 1. The molecule has 0 radical (unpaired) electrons. The molecule has 3 N–H and O–H groups in total. The van der Waals surface area contributed by atoms with Crippen molar-refractivity contribution in [1.82, 2.24) is 5.32 Å². The van der Waals surface area contributed by atoms with Crippen LogP contribution in [0.5, 0.6) is 5.75 Å². The third kappa shape index (κ3) is 2.49. The fourth-order valence-electron chi connectivity index (χ4n) is 1.70. The van der Waals surface area contributed by atoms with E-state index in [0.29, 0.717) is 10.6 Å². The first-order valence-electron chi connectivity index (χ1n) is 5.69. The highest BCUT2D eigenvalue weighted by molar-refractivity contribution is 7.21. The zero-order chi connectivity index (χ0) is 14.0. The summed E-state index contributed by atoms with van der Waals surface area (Å²) >= 11 is 1.33. The van der Waals surface area contributed by atoms with Gasteiger partial charge in [-0.05, 0) is 25.1 Å². The molecule has 1 aromatic heterocycles. The molecule has 0 aliphatic heterocycles. The van der Waals surface area contributed by atoms with Gasteiger partial charge >= 0.3 is 0 Å². The van der Waals surface area contributed by atoms with E-state index in [0.717, 1.165) is 15.8 Å². The van der Waals surface area contributed by atoms with Crippen molar-refractivity contribution in [2.75, 3.05) is 12.8 Å². The maximum absolute atomic E-state index is 12.1. The Morgan fingerprint density at radius 3 is 2.95 bits per heavy atom. The largest absolute Gasteiger partial charge is 0.497 e. The fraction of sp³-hybridized carbons (Fsp3) is 0.214. The third-order valence-electron chi connectivity index (χ3n) is 2.74. The number of rotatable bonds is 3. The molecule has 19 heavy (non-hydrogen) atoms. The Balaban J connectivity index is 2.42. The topological polar surface area (TPSA) is 64.3 Å². The van der Waals surface area contributed by atoms with Crippen molar-refractivity contribution >= 4 is 33.0 Å². The Labute approximate surface area is 115 Å². The Morgan fingerprint density at radius 2 is 2.32 bits per heavy atom. The molecular formula is C14H14N2O2S.